The number of hydrogen-bond donors (Lipinski definition) is 3. The second-order valence-corrected chi connectivity index (χ2v) is 7.69. The number of anilines is 1. The van der Waals surface area contributed by atoms with Gasteiger partial charge in [0.1, 0.15) is 0 Å². The van der Waals surface area contributed by atoms with Crippen LogP contribution in [0.1, 0.15) is 26.3 Å². The number of benzene rings is 1. The first-order valence-electron chi connectivity index (χ1n) is 10.1. The highest BCUT2D eigenvalue weighted by Crippen LogP contribution is 2.17. The van der Waals surface area contributed by atoms with Crippen LogP contribution in [-0.2, 0) is 18.3 Å². The molecular formula is C20H25N7O6. The molecule has 33 heavy (non-hydrogen) atoms. The van der Waals surface area contributed by atoms with Gasteiger partial charge in [-0.15, -0.1) is 0 Å². The van der Waals surface area contributed by atoms with Crippen LogP contribution in [0, 0.1) is 10.1 Å². The van der Waals surface area contributed by atoms with Gasteiger partial charge in [-0.2, -0.15) is 10.1 Å². The SMILES string of the molecule is C/C(=N/Nc1nc2c(c(=O)[nH]c(=O)n2C)n1C[C@H](O)COC(C)C)c1ccc([N+](=O)[O-])cc1. The number of nitro groups is 1. The second kappa shape index (κ2) is 9.75. The van der Waals surface area contributed by atoms with Crippen molar-refractivity contribution in [2.75, 3.05) is 12.0 Å². The minimum Gasteiger partial charge on any atom is -0.389 e. The van der Waals surface area contributed by atoms with E-state index in [1.54, 1.807) is 19.1 Å². The average Bonchev–Trinajstić information content (AvgIpc) is 3.13. The number of aliphatic hydroxyl groups excluding tert-OH is 1. The molecule has 3 N–H and O–H groups in total. The highest BCUT2D eigenvalue weighted by molar-refractivity contribution is 5.99. The first-order chi connectivity index (χ1) is 15.6. The number of H-pyrrole nitrogens is 1. The van der Waals surface area contributed by atoms with E-state index in [9.17, 15) is 24.8 Å². The summed E-state index contributed by atoms with van der Waals surface area (Å²) in [5, 5.41) is 25.5. The lowest BCUT2D eigenvalue weighted by atomic mass is 10.1. The molecule has 0 saturated heterocycles. The number of nitrogens with one attached hydrogen (secondary N) is 2. The quantitative estimate of drug-likeness (QED) is 0.241. The number of aryl methyl sites for hydroxylation is 1. The Labute approximate surface area is 187 Å². The largest absolute Gasteiger partial charge is 0.389 e. The van der Waals surface area contributed by atoms with E-state index in [0.29, 0.717) is 11.3 Å². The standard InChI is InChI=1S/C20H25N7O6/c1-11(2)33-10-15(28)9-26-16-17(25(4)20(30)22-18(16)29)21-19(26)24-23-12(3)13-5-7-14(8-6-13)27(31)32/h5-8,11,15,28H,9-10H2,1-4H3,(H,21,24)(H,22,29,30)/b23-12-/t15-/m0/s1. The molecule has 0 bridgehead atoms. The van der Waals surface area contributed by atoms with Crippen LogP contribution in [0.3, 0.4) is 0 Å². The van der Waals surface area contributed by atoms with E-state index >= 15 is 0 Å². The monoisotopic (exact) mass is 459 g/mol. The number of rotatable bonds is 9. The van der Waals surface area contributed by atoms with Crippen LogP contribution in [0.5, 0.6) is 0 Å². The third-order valence-electron chi connectivity index (χ3n) is 4.84. The predicted molar refractivity (Wildman–Crippen MR) is 122 cm³/mol. The molecule has 0 spiro atoms. The van der Waals surface area contributed by atoms with Crippen molar-refractivity contribution in [3.8, 4) is 0 Å². The molecule has 0 unspecified atom stereocenters. The second-order valence-electron chi connectivity index (χ2n) is 7.69. The van der Waals surface area contributed by atoms with Gasteiger partial charge in [0.2, 0.25) is 5.95 Å². The summed E-state index contributed by atoms with van der Waals surface area (Å²) in [6.45, 7) is 5.35. The lowest BCUT2D eigenvalue weighted by Gasteiger charge is -2.16. The Kier molecular flexibility index (Phi) is 7.04. The summed E-state index contributed by atoms with van der Waals surface area (Å²) in [5.74, 6) is 0.126. The van der Waals surface area contributed by atoms with Gasteiger partial charge in [0, 0.05) is 19.2 Å². The summed E-state index contributed by atoms with van der Waals surface area (Å²) >= 11 is 0. The van der Waals surface area contributed by atoms with Crippen LogP contribution in [0.15, 0.2) is 39.0 Å². The van der Waals surface area contributed by atoms with Crippen molar-refractivity contribution < 1.29 is 14.8 Å². The molecule has 3 rings (SSSR count). The number of hydrogen-bond acceptors (Lipinski definition) is 9. The van der Waals surface area contributed by atoms with Gasteiger partial charge in [0.05, 0.1) is 36.0 Å². The number of imidazole rings is 1. The van der Waals surface area contributed by atoms with E-state index in [-0.39, 0.29) is 42.1 Å². The minimum atomic E-state index is -0.957. The summed E-state index contributed by atoms with van der Waals surface area (Å²) in [6.07, 6.45) is -1.04. The van der Waals surface area contributed by atoms with Crippen LogP contribution < -0.4 is 16.7 Å². The van der Waals surface area contributed by atoms with Gasteiger partial charge >= 0.3 is 5.69 Å². The van der Waals surface area contributed by atoms with Crippen molar-refractivity contribution in [3.05, 3.63) is 60.8 Å². The van der Waals surface area contributed by atoms with Crippen molar-refractivity contribution in [1.29, 1.82) is 0 Å². The molecule has 1 aromatic carbocycles. The number of fused-ring (bicyclic) bond motifs is 1. The molecule has 0 aliphatic heterocycles. The van der Waals surface area contributed by atoms with Crippen LogP contribution in [-0.4, -0.2) is 53.7 Å². The number of nitrogens with zero attached hydrogens (tertiary/aromatic N) is 5. The number of aliphatic hydroxyl groups is 1. The van der Waals surface area contributed by atoms with E-state index < -0.39 is 22.3 Å². The summed E-state index contributed by atoms with van der Waals surface area (Å²) in [4.78, 5) is 41.4. The Balaban J connectivity index is 1.98. The minimum absolute atomic E-state index is 0.0333. The van der Waals surface area contributed by atoms with Crippen LogP contribution in [0.2, 0.25) is 0 Å². The van der Waals surface area contributed by atoms with Crippen molar-refractivity contribution in [1.82, 2.24) is 19.1 Å². The van der Waals surface area contributed by atoms with E-state index in [1.807, 2.05) is 13.8 Å². The molecule has 3 aromatic rings. The molecule has 2 heterocycles. The molecule has 13 nitrogen and oxygen atoms in total. The highest BCUT2D eigenvalue weighted by Gasteiger charge is 2.20. The van der Waals surface area contributed by atoms with E-state index in [4.69, 9.17) is 4.74 Å². The van der Waals surface area contributed by atoms with Crippen molar-refractivity contribution in [2.45, 2.75) is 39.5 Å². The van der Waals surface area contributed by atoms with Crippen LogP contribution >= 0.6 is 0 Å². The molecule has 176 valence electrons. The fourth-order valence-corrected chi connectivity index (χ4v) is 3.09. The van der Waals surface area contributed by atoms with E-state index in [1.165, 1.54) is 28.3 Å². The molecule has 0 saturated carbocycles. The number of nitro benzene ring substituents is 1. The van der Waals surface area contributed by atoms with Gasteiger partial charge in [-0.25, -0.2) is 10.2 Å². The van der Waals surface area contributed by atoms with Gasteiger partial charge in [-0.3, -0.25) is 24.5 Å². The van der Waals surface area contributed by atoms with Gasteiger partial charge < -0.3 is 14.4 Å². The fraction of sp³-hybridized carbons (Fsp3) is 0.400. The third-order valence-corrected chi connectivity index (χ3v) is 4.84. The van der Waals surface area contributed by atoms with Crippen molar-refractivity contribution in [3.63, 3.8) is 0 Å². The zero-order chi connectivity index (χ0) is 24.3. The number of hydrazone groups is 1. The Hall–Kier alpha value is -3.84. The average molecular weight is 459 g/mol. The lowest BCUT2D eigenvalue weighted by Crippen LogP contribution is -2.30. The smallest absolute Gasteiger partial charge is 0.329 e. The number of aromatic amines is 1. The third kappa shape index (κ3) is 5.32. The molecule has 2 aromatic heterocycles. The van der Waals surface area contributed by atoms with E-state index in [0.717, 1.165) is 0 Å². The fourth-order valence-electron chi connectivity index (χ4n) is 3.09. The number of aromatic nitrogens is 4. The first kappa shape index (κ1) is 23.8. The van der Waals surface area contributed by atoms with Gasteiger partial charge in [0.25, 0.3) is 11.2 Å². The summed E-state index contributed by atoms with van der Waals surface area (Å²) < 4.78 is 8.05. The molecule has 1 atom stereocenters. The maximum absolute atomic E-state index is 12.5. The Morgan fingerprint density at radius 3 is 2.61 bits per heavy atom. The summed E-state index contributed by atoms with van der Waals surface area (Å²) in [5.41, 5.74) is 2.78. The normalized spacial score (nSPS) is 13.0. The van der Waals surface area contributed by atoms with Crippen LogP contribution in [0.25, 0.3) is 11.2 Å². The molecule has 0 fully saturated rings. The van der Waals surface area contributed by atoms with Crippen molar-refractivity contribution in [2.24, 2.45) is 12.1 Å². The Bertz CT molecular complexity index is 1300. The van der Waals surface area contributed by atoms with Gasteiger partial charge in [-0.05, 0) is 38.5 Å². The number of ether oxygens (including phenoxy) is 1. The first-order valence-corrected chi connectivity index (χ1v) is 10.1. The predicted octanol–water partition coefficient (Wildman–Crippen LogP) is 0.954. The molecule has 0 aliphatic rings. The Morgan fingerprint density at radius 1 is 1.33 bits per heavy atom. The number of non-ortho nitro benzene ring substituents is 1. The van der Waals surface area contributed by atoms with Crippen LogP contribution in [0.4, 0.5) is 11.6 Å². The zero-order valence-corrected chi connectivity index (χ0v) is 18.6. The van der Waals surface area contributed by atoms with Gasteiger partial charge in [0.15, 0.2) is 11.2 Å². The maximum atomic E-state index is 12.5. The summed E-state index contributed by atoms with van der Waals surface area (Å²) in [7, 11) is 1.46. The summed E-state index contributed by atoms with van der Waals surface area (Å²) in [6, 6.07) is 5.85. The topological polar surface area (TPSA) is 170 Å². The molecule has 0 amide bonds. The van der Waals surface area contributed by atoms with Gasteiger partial charge in [-0.1, -0.05) is 0 Å². The maximum Gasteiger partial charge on any atom is 0.329 e. The molecular weight excluding hydrogens is 434 g/mol. The zero-order valence-electron chi connectivity index (χ0n) is 18.6. The molecule has 0 aliphatic carbocycles. The molecule has 0 radical (unpaired) electrons. The molecule has 13 heteroatoms. The Morgan fingerprint density at radius 2 is 2.00 bits per heavy atom. The highest BCUT2D eigenvalue weighted by atomic mass is 16.6. The van der Waals surface area contributed by atoms with E-state index in [2.05, 4.69) is 20.5 Å². The lowest BCUT2D eigenvalue weighted by molar-refractivity contribution is -0.384. The van der Waals surface area contributed by atoms with Crippen molar-refractivity contribution >= 4 is 28.5 Å².